The molecular weight excluding hydrogens is 248 g/mol. The summed E-state index contributed by atoms with van der Waals surface area (Å²) in [5, 5.41) is 1.92. The fraction of sp³-hybridized carbons (Fsp3) is 0.300. The molecular formula is C10H11BrOS. The van der Waals surface area contributed by atoms with Gasteiger partial charge in [0, 0.05) is 16.3 Å². The van der Waals surface area contributed by atoms with Gasteiger partial charge >= 0.3 is 0 Å². The predicted octanol–water partition coefficient (Wildman–Crippen LogP) is 4.05. The van der Waals surface area contributed by atoms with Crippen molar-refractivity contribution < 1.29 is 4.79 Å². The van der Waals surface area contributed by atoms with Gasteiger partial charge in [-0.15, -0.1) is 17.9 Å². The van der Waals surface area contributed by atoms with Crippen LogP contribution in [0.5, 0.6) is 0 Å². The summed E-state index contributed by atoms with van der Waals surface area (Å²) in [5.74, 6) is 0.207. The number of thiophene rings is 1. The molecule has 0 saturated heterocycles. The highest BCUT2D eigenvalue weighted by Crippen LogP contribution is 2.21. The molecule has 0 aromatic carbocycles. The summed E-state index contributed by atoms with van der Waals surface area (Å²) in [6.07, 6.45) is 1.36. The van der Waals surface area contributed by atoms with E-state index < -0.39 is 0 Å². The molecule has 0 spiro atoms. The van der Waals surface area contributed by atoms with Gasteiger partial charge in [0.2, 0.25) is 0 Å². The summed E-state index contributed by atoms with van der Waals surface area (Å²) in [7, 11) is 0. The van der Waals surface area contributed by atoms with E-state index in [0.717, 1.165) is 21.3 Å². The Bertz CT molecular complexity index is 327. The molecule has 0 bridgehead atoms. The van der Waals surface area contributed by atoms with Gasteiger partial charge in [0.25, 0.3) is 0 Å². The van der Waals surface area contributed by atoms with Crippen LogP contribution in [-0.2, 0) is 0 Å². The Kier molecular flexibility index (Phi) is 3.88. The molecule has 0 atom stereocenters. The van der Waals surface area contributed by atoms with Crippen LogP contribution in [0.25, 0.3) is 0 Å². The summed E-state index contributed by atoms with van der Waals surface area (Å²) in [6.45, 7) is 5.71. The third-order valence-electron chi connectivity index (χ3n) is 1.62. The lowest BCUT2D eigenvalue weighted by Crippen LogP contribution is -1.95. The summed E-state index contributed by atoms with van der Waals surface area (Å²) in [6, 6.07) is 1.87. The van der Waals surface area contributed by atoms with E-state index in [0.29, 0.717) is 6.42 Å². The zero-order valence-electron chi connectivity index (χ0n) is 7.47. The number of carbonyl (C=O) groups is 1. The molecule has 13 heavy (non-hydrogen) atoms. The Hall–Kier alpha value is -0.410. The minimum absolute atomic E-state index is 0.207. The molecule has 0 aliphatic carbocycles. The molecule has 0 amide bonds. The zero-order chi connectivity index (χ0) is 9.84. The van der Waals surface area contributed by atoms with Gasteiger partial charge < -0.3 is 0 Å². The van der Waals surface area contributed by atoms with E-state index in [2.05, 4.69) is 22.5 Å². The number of rotatable bonds is 4. The van der Waals surface area contributed by atoms with Gasteiger partial charge in [-0.3, -0.25) is 4.79 Å². The third-order valence-corrected chi connectivity index (χ3v) is 3.35. The number of carbonyl (C=O) groups excluding carboxylic acids is 1. The van der Waals surface area contributed by atoms with Gasteiger partial charge in [-0.2, -0.15) is 0 Å². The molecule has 1 aromatic rings. The molecule has 70 valence electrons. The van der Waals surface area contributed by atoms with Crippen LogP contribution in [0.2, 0.25) is 0 Å². The molecule has 0 N–H and O–H groups in total. The molecule has 3 heteroatoms. The predicted molar refractivity (Wildman–Crippen MR) is 60.4 cm³/mol. The number of hydrogen-bond donors (Lipinski definition) is 0. The first-order valence-corrected chi connectivity index (χ1v) is 5.68. The van der Waals surface area contributed by atoms with Gasteiger partial charge in [0.15, 0.2) is 5.78 Å². The van der Waals surface area contributed by atoms with Crippen molar-refractivity contribution in [3.05, 3.63) is 32.9 Å². The Morgan fingerprint density at radius 2 is 2.31 bits per heavy atom. The van der Waals surface area contributed by atoms with Crippen LogP contribution in [-0.4, -0.2) is 5.78 Å². The van der Waals surface area contributed by atoms with Crippen LogP contribution in [0, 0.1) is 0 Å². The minimum Gasteiger partial charge on any atom is -0.293 e. The van der Waals surface area contributed by atoms with E-state index in [4.69, 9.17) is 0 Å². The monoisotopic (exact) mass is 258 g/mol. The number of Topliss-reactive ketones (excluding diaryl/α,β-unsaturated/α-hetero) is 1. The Labute approximate surface area is 90.6 Å². The van der Waals surface area contributed by atoms with E-state index in [1.54, 1.807) is 0 Å². The molecule has 1 rings (SSSR count). The molecule has 0 aliphatic rings. The maximum atomic E-state index is 11.5. The van der Waals surface area contributed by atoms with Crippen LogP contribution in [0.1, 0.15) is 29.4 Å². The average Bonchev–Trinajstić information content (AvgIpc) is 2.47. The van der Waals surface area contributed by atoms with E-state index in [-0.39, 0.29) is 5.78 Å². The standard InChI is InChI=1S/C10H11BrOS/c1-7(2)3-4-9(12)10-5-8(11)6-13-10/h5-6H,1,3-4H2,2H3. The molecule has 1 aromatic heterocycles. The Morgan fingerprint density at radius 3 is 2.77 bits per heavy atom. The van der Waals surface area contributed by atoms with Gasteiger partial charge in [-0.1, -0.05) is 5.57 Å². The van der Waals surface area contributed by atoms with Crippen molar-refractivity contribution in [2.45, 2.75) is 19.8 Å². The van der Waals surface area contributed by atoms with Crippen molar-refractivity contribution in [1.82, 2.24) is 0 Å². The summed E-state index contributed by atoms with van der Waals surface area (Å²) in [5.41, 5.74) is 1.06. The molecule has 1 heterocycles. The normalized spacial score (nSPS) is 10.0. The van der Waals surface area contributed by atoms with Crippen LogP contribution in [0.3, 0.4) is 0 Å². The number of allylic oxidation sites excluding steroid dienone is 1. The van der Waals surface area contributed by atoms with Crippen molar-refractivity contribution in [3.8, 4) is 0 Å². The largest absolute Gasteiger partial charge is 0.293 e. The first-order chi connectivity index (χ1) is 6.09. The molecule has 0 unspecified atom stereocenters. The van der Waals surface area contributed by atoms with Gasteiger partial charge in [0.05, 0.1) is 4.88 Å². The van der Waals surface area contributed by atoms with Crippen molar-refractivity contribution in [1.29, 1.82) is 0 Å². The van der Waals surface area contributed by atoms with Crippen LogP contribution < -0.4 is 0 Å². The van der Waals surface area contributed by atoms with E-state index in [1.807, 2.05) is 18.4 Å². The average molecular weight is 259 g/mol. The number of ketones is 1. The second-order valence-electron chi connectivity index (χ2n) is 3.01. The Balaban J connectivity index is 2.54. The minimum atomic E-state index is 0.207. The third kappa shape index (κ3) is 3.44. The molecule has 0 aliphatic heterocycles. The van der Waals surface area contributed by atoms with Gasteiger partial charge in [0.1, 0.15) is 0 Å². The number of halogens is 1. The summed E-state index contributed by atoms with van der Waals surface area (Å²) in [4.78, 5) is 12.3. The van der Waals surface area contributed by atoms with Crippen molar-refractivity contribution >= 4 is 33.0 Å². The lowest BCUT2D eigenvalue weighted by atomic mass is 10.1. The lowest BCUT2D eigenvalue weighted by molar-refractivity contribution is 0.0986. The molecule has 1 nitrogen and oxygen atoms in total. The summed E-state index contributed by atoms with van der Waals surface area (Å²) >= 11 is 4.80. The van der Waals surface area contributed by atoms with Crippen LogP contribution in [0.4, 0.5) is 0 Å². The first-order valence-electron chi connectivity index (χ1n) is 4.01. The molecule has 0 fully saturated rings. The second-order valence-corrected chi connectivity index (χ2v) is 4.84. The molecule has 0 saturated carbocycles. The Morgan fingerprint density at radius 1 is 1.62 bits per heavy atom. The highest BCUT2D eigenvalue weighted by molar-refractivity contribution is 9.10. The fourth-order valence-corrected chi connectivity index (χ4v) is 2.31. The van der Waals surface area contributed by atoms with Gasteiger partial charge in [-0.05, 0) is 35.3 Å². The van der Waals surface area contributed by atoms with Gasteiger partial charge in [-0.25, -0.2) is 0 Å². The lowest BCUT2D eigenvalue weighted by Gasteiger charge is -1.96. The van der Waals surface area contributed by atoms with Crippen molar-refractivity contribution in [2.24, 2.45) is 0 Å². The van der Waals surface area contributed by atoms with Crippen LogP contribution >= 0.6 is 27.3 Å². The first kappa shape index (κ1) is 10.7. The summed E-state index contributed by atoms with van der Waals surface area (Å²) < 4.78 is 0.983. The maximum absolute atomic E-state index is 11.5. The van der Waals surface area contributed by atoms with Crippen LogP contribution in [0.15, 0.2) is 28.1 Å². The van der Waals surface area contributed by atoms with Crippen molar-refractivity contribution in [3.63, 3.8) is 0 Å². The number of hydrogen-bond acceptors (Lipinski definition) is 2. The zero-order valence-corrected chi connectivity index (χ0v) is 9.87. The quantitative estimate of drug-likeness (QED) is 0.589. The molecule has 0 radical (unpaired) electrons. The smallest absolute Gasteiger partial charge is 0.173 e. The van der Waals surface area contributed by atoms with E-state index >= 15 is 0 Å². The highest BCUT2D eigenvalue weighted by atomic mass is 79.9. The highest BCUT2D eigenvalue weighted by Gasteiger charge is 2.07. The maximum Gasteiger partial charge on any atom is 0.173 e. The SMILES string of the molecule is C=C(C)CCC(=O)c1cc(Br)cs1. The van der Waals surface area contributed by atoms with E-state index in [1.165, 1.54) is 11.3 Å². The second kappa shape index (κ2) is 4.72. The topological polar surface area (TPSA) is 17.1 Å². The van der Waals surface area contributed by atoms with Crippen molar-refractivity contribution in [2.75, 3.05) is 0 Å². The van der Waals surface area contributed by atoms with E-state index in [9.17, 15) is 4.79 Å². The fourth-order valence-electron chi connectivity index (χ4n) is 0.909.